The fraction of sp³-hybridized carbons (Fsp3) is 0.800. The molecule has 0 unspecified atom stereocenters. The van der Waals surface area contributed by atoms with Crippen LogP contribution in [0.5, 0.6) is 0 Å². The van der Waals surface area contributed by atoms with E-state index >= 15 is 0 Å². The molecule has 0 atom stereocenters. The van der Waals surface area contributed by atoms with E-state index in [4.69, 9.17) is 4.74 Å². The fourth-order valence-corrected chi connectivity index (χ4v) is 0.905. The van der Waals surface area contributed by atoms with Crippen LogP contribution in [-0.2, 0) is 4.74 Å². The first-order valence-corrected chi connectivity index (χ1v) is 4.81. The van der Waals surface area contributed by atoms with Crippen molar-refractivity contribution in [2.24, 2.45) is 0 Å². The molecule has 0 aliphatic carbocycles. The zero-order chi connectivity index (χ0) is 9.07. The smallest absolute Gasteiger partial charge is 0.0591 e. The summed E-state index contributed by atoms with van der Waals surface area (Å²) in [4.78, 5) is 0. The van der Waals surface area contributed by atoms with E-state index < -0.39 is 0 Å². The summed E-state index contributed by atoms with van der Waals surface area (Å²) in [6.45, 7) is 9.34. The molecule has 2 heteroatoms. The average Bonchev–Trinajstić information content (AvgIpc) is 2.10. The Labute approximate surface area is 76.0 Å². The molecule has 0 amide bonds. The molecule has 0 heterocycles. The Morgan fingerprint density at radius 1 is 1.33 bits per heavy atom. The second-order valence-electron chi connectivity index (χ2n) is 2.81. The molecule has 0 rings (SSSR count). The maximum Gasteiger partial charge on any atom is 0.0591 e. The first kappa shape index (κ1) is 11.7. The van der Waals surface area contributed by atoms with Gasteiger partial charge < -0.3 is 10.1 Å². The van der Waals surface area contributed by atoms with Gasteiger partial charge in [-0.25, -0.2) is 0 Å². The highest BCUT2D eigenvalue weighted by atomic mass is 16.5. The van der Waals surface area contributed by atoms with Crippen molar-refractivity contribution < 1.29 is 4.74 Å². The third kappa shape index (κ3) is 9.66. The summed E-state index contributed by atoms with van der Waals surface area (Å²) < 4.78 is 5.39. The summed E-state index contributed by atoms with van der Waals surface area (Å²) in [6, 6.07) is 0. The van der Waals surface area contributed by atoms with Crippen LogP contribution in [0.25, 0.3) is 0 Å². The van der Waals surface area contributed by atoms with Crippen molar-refractivity contribution >= 4 is 0 Å². The molecule has 12 heavy (non-hydrogen) atoms. The summed E-state index contributed by atoms with van der Waals surface area (Å²) in [7, 11) is 0. The maximum absolute atomic E-state index is 5.39. The fourth-order valence-electron chi connectivity index (χ4n) is 0.905. The van der Waals surface area contributed by atoms with Gasteiger partial charge in [0.15, 0.2) is 0 Å². The van der Waals surface area contributed by atoms with E-state index in [-0.39, 0.29) is 0 Å². The van der Waals surface area contributed by atoms with Crippen molar-refractivity contribution in [1.82, 2.24) is 5.32 Å². The van der Waals surface area contributed by atoms with Crippen LogP contribution in [0, 0.1) is 0 Å². The molecular formula is C10H21NO. The third-order valence-corrected chi connectivity index (χ3v) is 1.60. The second-order valence-corrected chi connectivity index (χ2v) is 2.81. The number of unbranched alkanes of at least 4 members (excludes halogenated alkanes) is 2. The van der Waals surface area contributed by atoms with Crippen molar-refractivity contribution in [2.45, 2.75) is 26.2 Å². The molecule has 0 saturated heterocycles. The zero-order valence-corrected chi connectivity index (χ0v) is 8.14. The molecule has 2 nitrogen and oxygen atoms in total. The van der Waals surface area contributed by atoms with Gasteiger partial charge in [0.2, 0.25) is 0 Å². The van der Waals surface area contributed by atoms with Crippen LogP contribution in [-0.4, -0.2) is 26.3 Å². The molecule has 0 aromatic carbocycles. The third-order valence-electron chi connectivity index (χ3n) is 1.60. The van der Waals surface area contributed by atoms with Crippen LogP contribution in [0.2, 0.25) is 0 Å². The SMILES string of the molecule is C=CCNCCOCCCCC. The lowest BCUT2D eigenvalue weighted by Gasteiger charge is -2.03. The Kier molecular flexibility index (Phi) is 10.4. The molecule has 0 aliphatic rings. The van der Waals surface area contributed by atoms with Crippen molar-refractivity contribution in [2.75, 3.05) is 26.3 Å². The largest absolute Gasteiger partial charge is 0.380 e. The highest BCUT2D eigenvalue weighted by Gasteiger charge is 1.87. The minimum atomic E-state index is 0.817. The molecule has 1 N–H and O–H groups in total. The predicted octanol–water partition coefficient (Wildman–Crippen LogP) is 1.97. The molecule has 0 aromatic rings. The van der Waals surface area contributed by atoms with Crippen LogP contribution >= 0.6 is 0 Å². The van der Waals surface area contributed by atoms with Gasteiger partial charge in [-0.05, 0) is 6.42 Å². The Bertz CT molecular complexity index is 93.8. The molecular weight excluding hydrogens is 150 g/mol. The summed E-state index contributed by atoms with van der Waals surface area (Å²) >= 11 is 0. The van der Waals surface area contributed by atoms with Gasteiger partial charge in [0.25, 0.3) is 0 Å². The average molecular weight is 171 g/mol. The summed E-state index contributed by atoms with van der Waals surface area (Å²) in [6.07, 6.45) is 5.59. The van der Waals surface area contributed by atoms with E-state index in [1.807, 2.05) is 6.08 Å². The van der Waals surface area contributed by atoms with E-state index in [0.29, 0.717) is 0 Å². The van der Waals surface area contributed by atoms with Crippen molar-refractivity contribution in [3.63, 3.8) is 0 Å². The van der Waals surface area contributed by atoms with E-state index in [0.717, 1.165) is 26.3 Å². The van der Waals surface area contributed by atoms with Gasteiger partial charge in [-0.2, -0.15) is 0 Å². The predicted molar refractivity (Wildman–Crippen MR) is 53.4 cm³/mol. The quantitative estimate of drug-likeness (QED) is 0.423. The minimum absolute atomic E-state index is 0.817. The second kappa shape index (κ2) is 10.7. The van der Waals surface area contributed by atoms with Gasteiger partial charge in [-0.1, -0.05) is 25.8 Å². The van der Waals surface area contributed by atoms with Crippen LogP contribution in [0.1, 0.15) is 26.2 Å². The summed E-state index contributed by atoms with van der Waals surface area (Å²) in [5.41, 5.74) is 0. The van der Waals surface area contributed by atoms with Crippen molar-refractivity contribution in [3.8, 4) is 0 Å². The number of nitrogens with one attached hydrogen (secondary N) is 1. The highest BCUT2D eigenvalue weighted by Crippen LogP contribution is 1.93. The van der Waals surface area contributed by atoms with Gasteiger partial charge in [0.05, 0.1) is 6.61 Å². The van der Waals surface area contributed by atoms with Gasteiger partial charge in [0, 0.05) is 19.7 Å². The van der Waals surface area contributed by atoms with E-state index in [1.54, 1.807) is 0 Å². The van der Waals surface area contributed by atoms with Crippen molar-refractivity contribution in [3.05, 3.63) is 12.7 Å². The van der Waals surface area contributed by atoms with E-state index in [9.17, 15) is 0 Å². The number of ether oxygens (including phenoxy) is 1. The van der Waals surface area contributed by atoms with Crippen LogP contribution in [0.15, 0.2) is 12.7 Å². The molecule has 0 spiro atoms. The number of rotatable bonds is 9. The van der Waals surface area contributed by atoms with Crippen LogP contribution < -0.4 is 5.32 Å². The van der Waals surface area contributed by atoms with E-state index in [1.165, 1.54) is 19.3 Å². The van der Waals surface area contributed by atoms with Crippen LogP contribution in [0.4, 0.5) is 0 Å². The summed E-state index contributed by atoms with van der Waals surface area (Å²) in [5.74, 6) is 0. The topological polar surface area (TPSA) is 21.3 Å². The Morgan fingerprint density at radius 2 is 2.17 bits per heavy atom. The molecule has 0 fully saturated rings. The molecule has 0 saturated carbocycles. The Hall–Kier alpha value is -0.340. The standard InChI is InChI=1S/C10H21NO/c1-3-5-6-9-12-10-8-11-7-4-2/h4,11H,2-3,5-10H2,1H3. The first-order valence-electron chi connectivity index (χ1n) is 4.81. The maximum atomic E-state index is 5.39. The lowest BCUT2D eigenvalue weighted by Crippen LogP contribution is -2.19. The van der Waals surface area contributed by atoms with Crippen molar-refractivity contribution in [1.29, 1.82) is 0 Å². The Morgan fingerprint density at radius 3 is 2.83 bits per heavy atom. The molecule has 0 aromatic heterocycles. The monoisotopic (exact) mass is 171 g/mol. The summed E-state index contributed by atoms with van der Waals surface area (Å²) in [5, 5.41) is 3.18. The normalized spacial score (nSPS) is 10.1. The van der Waals surface area contributed by atoms with Gasteiger partial charge in [0.1, 0.15) is 0 Å². The molecule has 0 radical (unpaired) electrons. The van der Waals surface area contributed by atoms with Gasteiger partial charge in [-0.15, -0.1) is 6.58 Å². The number of hydrogen-bond donors (Lipinski definition) is 1. The lowest BCUT2D eigenvalue weighted by atomic mass is 10.3. The first-order chi connectivity index (χ1) is 5.91. The molecule has 0 bridgehead atoms. The zero-order valence-electron chi connectivity index (χ0n) is 8.14. The van der Waals surface area contributed by atoms with Gasteiger partial charge in [-0.3, -0.25) is 0 Å². The van der Waals surface area contributed by atoms with Gasteiger partial charge >= 0.3 is 0 Å². The minimum Gasteiger partial charge on any atom is -0.380 e. The molecule has 0 aliphatic heterocycles. The van der Waals surface area contributed by atoms with E-state index in [2.05, 4.69) is 18.8 Å². The molecule has 72 valence electrons. The number of hydrogen-bond acceptors (Lipinski definition) is 2. The highest BCUT2D eigenvalue weighted by molar-refractivity contribution is 4.68. The Balaban J connectivity index is 2.77. The lowest BCUT2D eigenvalue weighted by molar-refractivity contribution is 0.132. The van der Waals surface area contributed by atoms with Crippen LogP contribution in [0.3, 0.4) is 0 Å².